The van der Waals surface area contributed by atoms with Crippen molar-refractivity contribution in [3.63, 3.8) is 0 Å². The summed E-state index contributed by atoms with van der Waals surface area (Å²) in [5.41, 5.74) is 1.93. The summed E-state index contributed by atoms with van der Waals surface area (Å²) in [4.78, 5) is 15.8. The fourth-order valence-electron chi connectivity index (χ4n) is 2.51. The van der Waals surface area contributed by atoms with Gasteiger partial charge in [-0.25, -0.2) is 0 Å². The van der Waals surface area contributed by atoms with Gasteiger partial charge in [0.25, 0.3) is 0 Å². The van der Waals surface area contributed by atoms with E-state index in [1.165, 1.54) is 0 Å². The van der Waals surface area contributed by atoms with Crippen molar-refractivity contribution in [2.24, 2.45) is 4.99 Å². The summed E-state index contributed by atoms with van der Waals surface area (Å²) >= 11 is 0. The molecule has 0 aliphatic carbocycles. The molecule has 1 aromatic carbocycles. The zero-order valence-corrected chi connectivity index (χ0v) is 16.7. The summed E-state index contributed by atoms with van der Waals surface area (Å²) in [6.07, 6.45) is 3.90. The molecular weight excluding hydrogens is 356 g/mol. The molecule has 0 fully saturated rings. The van der Waals surface area contributed by atoms with Crippen LogP contribution in [0.1, 0.15) is 37.5 Å². The van der Waals surface area contributed by atoms with Gasteiger partial charge in [0, 0.05) is 38.9 Å². The number of nitrogens with one attached hydrogen (secondary N) is 3. The second-order valence-corrected chi connectivity index (χ2v) is 6.33. The number of benzene rings is 1. The molecule has 0 unspecified atom stereocenters. The van der Waals surface area contributed by atoms with Crippen LogP contribution in [0.15, 0.2) is 52.1 Å². The summed E-state index contributed by atoms with van der Waals surface area (Å²) < 4.78 is 10.8. The molecule has 0 aliphatic heterocycles. The van der Waals surface area contributed by atoms with Crippen LogP contribution >= 0.6 is 0 Å². The quantitative estimate of drug-likeness (QED) is 0.313. The number of nitrogens with zero attached hydrogens (tertiary/aromatic N) is 1. The summed E-state index contributed by atoms with van der Waals surface area (Å²) in [7, 11) is 1.75. The summed E-state index contributed by atoms with van der Waals surface area (Å²) in [6, 6.07) is 11.6. The molecule has 1 amide bonds. The Balaban J connectivity index is 1.61. The summed E-state index contributed by atoms with van der Waals surface area (Å²) in [5.74, 6) is 1.62. The van der Waals surface area contributed by atoms with Crippen LogP contribution in [0.4, 0.5) is 5.69 Å². The van der Waals surface area contributed by atoms with Gasteiger partial charge in [0.2, 0.25) is 5.91 Å². The van der Waals surface area contributed by atoms with E-state index >= 15 is 0 Å². The first-order valence-electron chi connectivity index (χ1n) is 9.64. The van der Waals surface area contributed by atoms with E-state index in [0.29, 0.717) is 26.2 Å². The largest absolute Gasteiger partial charge is 0.467 e. The molecule has 1 aromatic heterocycles. The number of carbonyl (C=O) groups is 1. The maximum Gasteiger partial charge on any atom is 0.224 e. The number of guanidine groups is 1. The van der Waals surface area contributed by atoms with Gasteiger partial charge < -0.3 is 25.1 Å². The van der Waals surface area contributed by atoms with Gasteiger partial charge in [0.05, 0.1) is 6.26 Å². The van der Waals surface area contributed by atoms with Crippen LogP contribution in [0.25, 0.3) is 0 Å². The molecule has 7 heteroatoms. The lowest BCUT2D eigenvalue weighted by molar-refractivity contribution is -0.116. The molecule has 28 heavy (non-hydrogen) atoms. The minimum Gasteiger partial charge on any atom is -0.467 e. The van der Waals surface area contributed by atoms with Crippen molar-refractivity contribution in [2.75, 3.05) is 25.5 Å². The van der Waals surface area contributed by atoms with Gasteiger partial charge in [0.15, 0.2) is 5.96 Å². The van der Waals surface area contributed by atoms with E-state index in [4.69, 9.17) is 9.15 Å². The van der Waals surface area contributed by atoms with Crippen LogP contribution < -0.4 is 16.0 Å². The second kappa shape index (κ2) is 12.6. The monoisotopic (exact) mass is 386 g/mol. The van der Waals surface area contributed by atoms with E-state index in [1.807, 2.05) is 43.3 Å². The van der Waals surface area contributed by atoms with Crippen molar-refractivity contribution in [2.45, 2.75) is 39.3 Å². The average Bonchev–Trinajstić information content (AvgIpc) is 3.21. The molecule has 0 aliphatic rings. The molecule has 1 heterocycles. The third-order valence-electron chi connectivity index (χ3n) is 3.98. The molecular formula is C21H30N4O3. The first-order chi connectivity index (χ1) is 13.7. The van der Waals surface area contributed by atoms with Crippen molar-refractivity contribution < 1.29 is 13.9 Å². The number of rotatable bonds is 11. The van der Waals surface area contributed by atoms with E-state index in [2.05, 4.69) is 20.9 Å². The number of carbonyl (C=O) groups excluding carboxylic acids is 1. The molecule has 0 saturated carbocycles. The van der Waals surface area contributed by atoms with Crippen LogP contribution in [0.3, 0.4) is 0 Å². The second-order valence-electron chi connectivity index (χ2n) is 6.33. The maximum absolute atomic E-state index is 11.6. The van der Waals surface area contributed by atoms with Gasteiger partial charge in [-0.3, -0.25) is 9.79 Å². The van der Waals surface area contributed by atoms with Crippen molar-refractivity contribution in [1.82, 2.24) is 10.6 Å². The summed E-state index contributed by atoms with van der Waals surface area (Å²) in [6.45, 7) is 4.55. The van der Waals surface area contributed by atoms with Gasteiger partial charge in [-0.1, -0.05) is 19.1 Å². The normalized spacial score (nSPS) is 11.3. The number of aliphatic imine (C=N–C) groups is 1. The van der Waals surface area contributed by atoms with Crippen LogP contribution in [0.2, 0.25) is 0 Å². The highest BCUT2D eigenvalue weighted by Gasteiger charge is 2.02. The zero-order chi connectivity index (χ0) is 20.0. The predicted octanol–water partition coefficient (Wildman–Crippen LogP) is 3.29. The Morgan fingerprint density at radius 3 is 2.68 bits per heavy atom. The molecule has 0 atom stereocenters. The molecule has 7 nitrogen and oxygen atoms in total. The highest BCUT2D eigenvalue weighted by molar-refractivity contribution is 5.90. The molecule has 3 N–H and O–H groups in total. The third kappa shape index (κ3) is 8.26. The van der Waals surface area contributed by atoms with Gasteiger partial charge in [0.1, 0.15) is 12.4 Å². The van der Waals surface area contributed by atoms with Crippen LogP contribution in [0.5, 0.6) is 0 Å². The Hall–Kier alpha value is -2.80. The highest BCUT2D eigenvalue weighted by Crippen LogP contribution is 2.10. The van der Waals surface area contributed by atoms with Gasteiger partial charge in [-0.05, 0) is 42.7 Å². The van der Waals surface area contributed by atoms with Gasteiger partial charge >= 0.3 is 0 Å². The molecule has 152 valence electrons. The molecule has 2 aromatic rings. The Kier molecular flexibility index (Phi) is 9.65. The predicted molar refractivity (Wildman–Crippen MR) is 111 cm³/mol. The fourth-order valence-corrected chi connectivity index (χ4v) is 2.51. The standard InChI is InChI=1S/C21H30N4O3/c1-3-6-20(26)25-18-10-8-17(9-11-18)15-24-21(22-2)23-12-5-13-27-16-19-7-4-14-28-19/h4,7-11,14H,3,5-6,12-13,15-16H2,1-2H3,(H,25,26)(H2,22,23,24). The lowest BCUT2D eigenvalue weighted by Crippen LogP contribution is -2.37. The van der Waals surface area contributed by atoms with Gasteiger partial charge in [-0.15, -0.1) is 0 Å². The number of hydrogen-bond donors (Lipinski definition) is 3. The minimum absolute atomic E-state index is 0.0473. The Morgan fingerprint density at radius 2 is 2.00 bits per heavy atom. The zero-order valence-electron chi connectivity index (χ0n) is 16.7. The highest BCUT2D eigenvalue weighted by atomic mass is 16.5. The number of anilines is 1. The maximum atomic E-state index is 11.6. The van der Waals surface area contributed by atoms with Crippen molar-refractivity contribution in [3.8, 4) is 0 Å². The van der Waals surface area contributed by atoms with E-state index in [0.717, 1.165) is 42.4 Å². The molecule has 0 saturated heterocycles. The van der Waals surface area contributed by atoms with Gasteiger partial charge in [-0.2, -0.15) is 0 Å². The Morgan fingerprint density at radius 1 is 1.18 bits per heavy atom. The smallest absolute Gasteiger partial charge is 0.224 e. The Labute approximate surface area is 166 Å². The van der Waals surface area contributed by atoms with Crippen molar-refractivity contribution >= 4 is 17.6 Å². The first-order valence-corrected chi connectivity index (χ1v) is 9.64. The topological polar surface area (TPSA) is 87.9 Å². The molecule has 0 spiro atoms. The van der Waals surface area contributed by atoms with E-state index in [-0.39, 0.29) is 5.91 Å². The number of amides is 1. The van der Waals surface area contributed by atoms with Crippen molar-refractivity contribution in [3.05, 3.63) is 54.0 Å². The van der Waals surface area contributed by atoms with Crippen LogP contribution in [-0.2, 0) is 22.7 Å². The SMILES string of the molecule is CCCC(=O)Nc1ccc(CNC(=NC)NCCCOCc2ccco2)cc1. The number of furan rings is 1. The fraction of sp³-hybridized carbons (Fsp3) is 0.429. The first kappa shape index (κ1) is 21.5. The third-order valence-corrected chi connectivity index (χ3v) is 3.98. The average molecular weight is 386 g/mol. The lowest BCUT2D eigenvalue weighted by atomic mass is 10.2. The molecule has 0 radical (unpaired) electrons. The molecule has 0 bridgehead atoms. The summed E-state index contributed by atoms with van der Waals surface area (Å²) in [5, 5.41) is 9.43. The Bertz CT molecular complexity index is 712. The number of ether oxygens (including phenoxy) is 1. The lowest BCUT2D eigenvalue weighted by Gasteiger charge is -2.12. The van der Waals surface area contributed by atoms with Crippen LogP contribution in [-0.4, -0.2) is 32.1 Å². The van der Waals surface area contributed by atoms with Crippen LogP contribution in [0, 0.1) is 0 Å². The van der Waals surface area contributed by atoms with E-state index in [1.54, 1.807) is 13.3 Å². The minimum atomic E-state index is 0.0473. The number of hydrogen-bond acceptors (Lipinski definition) is 4. The van der Waals surface area contributed by atoms with E-state index in [9.17, 15) is 4.79 Å². The van der Waals surface area contributed by atoms with Crippen molar-refractivity contribution in [1.29, 1.82) is 0 Å². The van der Waals surface area contributed by atoms with E-state index < -0.39 is 0 Å². The molecule has 2 rings (SSSR count).